The van der Waals surface area contributed by atoms with Gasteiger partial charge in [-0.25, -0.2) is 14.5 Å². The van der Waals surface area contributed by atoms with Crippen LogP contribution in [0.4, 0.5) is 10.5 Å². The number of carboxylic acid groups (broad SMARTS) is 1. The Morgan fingerprint density at radius 2 is 1.72 bits per heavy atom. The SMILES string of the molecule is CC(C)c1ccc(N2C(=O)NC(=O)C(=Cc3cc(Br)c(OCC(=O)O)c(Br)c3)C2=O)cc1. The van der Waals surface area contributed by atoms with Crippen LogP contribution in [0.15, 0.2) is 50.9 Å². The molecule has 0 radical (unpaired) electrons. The Bertz CT molecular complexity index is 1120. The third-order valence-electron chi connectivity index (χ3n) is 4.59. The summed E-state index contributed by atoms with van der Waals surface area (Å²) in [4.78, 5) is 49.5. The van der Waals surface area contributed by atoms with Crippen molar-refractivity contribution in [1.82, 2.24) is 5.32 Å². The van der Waals surface area contributed by atoms with Gasteiger partial charge in [-0.3, -0.25) is 14.9 Å². The van der Waals surface area contributed by atoms with Crippen LogP contribution in [0.2, 0.25) is 0 Å². The lowest BCUT2D eigenvalue weighted by atomic mass is 10.0. The Kier molecular flexibility index (Phi) is 7.15. The average Bonchev–Trinajstić information content (AvgIpc) is 2.70. The van der Waals surface area contributed by atoms with E-state index in [1.807, 2.05) is 26.0 Å². The van der Waals surface area contributed by atoms with E-state index >= 15 is 0 Å². The molecule has 1 aliphatic heterocycles. The van der Waals surface area contributed by atoms with Crippen molar-refractivity contribution in [1.29, 1.82) is 0 Å². The van der Waals surface area contributed by atoms with Crippen LogP contribution < -0.4 is 15.0 Å². The summed E-state index contributed by atoms with van der Waals surface area (Å²) in [7, 11) is 0. The fraction of sp³-hybridized carbons (Fsp3) is 0.182. The molecule has 0 saturated carbocycles. The molecule has 0 unspecified atom stereocenters. The summed E-state index contributed by atoms with van der Waals surface area (Å²) in [6.45, 7) is 3.52. The first-order chi connectivity index (χ1) is 15.1. The first kappa shape index (κ1) is 23.7. The average molecular weight is 566 g/mol. The molecule has 4 amide bonds. The van der Waals surface area contributed by atoms with Crippen LogP contribution in [0, 0.1) is 0 Å². The van der Waals surface area contributed by atoms with Crippen LogP contribution in [-0.4, -0.2) is 35.5 Å². The van der Waals surface area contributed by atoms with Crippen LogP contribution in [0.25, 0.3) is 6.08 Å². The lowest BCUT2D eigenvalue weighted by molar-refractivity contribution is -0.139. The Balaban J connectivity index is 1.94. The Morgan fingerprint density at radius 3 is 2.25 bits per heavy atom. The van der Waals surface area contributed by atoms with Gasteiger partial charge in [-0.05, 0) is 79.2 Å². The van der Waals surface area contributed by atoms with Gasteiger partial charge in [0.2, 0.25) is 0 Å². The van der Waals surface area contributed by atoms with E-state index in [4.69, 9.17) is 9.84 Å². The van der Waals surface area contributed by atoms with Crippen molar-refractivity contribution in [2.75, 3.05) is 11.5 Å². The van der Waals surface area contributed by atoms with Gasteiger partial charge in [-0.2, -0.15) is 0 Å². The summed E-state index contributed by atoms with van der Waals surface area (Å²) >= 11 is 6.58. The zero-order chi connectivity index (χ0) is 23.6. The molecule has 166 valence electrons. The highest BCUT2D eigenvalue weighted by Gasteiger charge is 2.36. The molecule has 2 aromatic rings. The predicted molar refractivity (Wildman–Crippen MR) is 125 cm³/mol. The van der Waals surface area contributed by atoms with Gasteiger partial charge >= 0.3 is 12.0 Å². The molecule has 0 aromatic heterocycles. The maximum Gasteiger partial charge on any atom is 0.341 e. The largest absolute Gasteiger partial charge is 0.480 e. The first-order valence-electron chi connectivity index (χ1n) is 9.43. The maximum atomic E-state index is 13.0. The van der Waals surface area contributed by atoms with Crippen LogP contribution in [-0.2, 0) is 14.4 Å². The zero-order valence-electron chi connectivity index (χ0n) is 17.0. The molecule has 32 heavy (non-hydrogen) atoms. The highest BCUT2D eigenvalue weighted by Crippen LogP contribution is 2.36. The van der Waals surface area contributed by atoms with Gasteiger partial charge in [0.05, 0.1) is 14.6 Å². The molecule has 2 N–H and O–H groups in total. The van der Waals surface area contributed by atoms with E-state index in [9.17, 15) is 19.2 Å². The number of urea groups is 1. The number of rotatable bonds is 6. The van der Waals surface area contributed by atoms with Gasteiger partial charge in [0, 0.05) is 0 Å². The van der Waals surface area contributed by atoms with Gasteiger partial charge in [0.15, 0.2) is 6.61 Å². The quantitative estimate of drug-likeness (QED) is 0.395. The summed E-state index contributed by atoms with van der Waals surface area (Å²) in [5.74, 6) is -2.16. The number of carbonyl (C=O) groups is 4. The van der Waals surface area contributed by atoms with Crippen molar-refractivity contribution in [2.45, 2.75) is 19.8 Å². The van der Waals surface area contributed by atoms with Gasteiger partial charge < -0.3 is 9.84 Å². The van der Waals surface area contributed by atoms with E-state index < -0.39 is 30.4 Å². The molecule has 1 saturated heterocycles. The number of ether oxygens (including phenoxy) is 1. The van der Waals surface area contributed by atoms with Crippen molar-refractivity contribution < 1.29 is 29.0 Å². The number of amides is 4. The number of hydrogen-bond donors (Lipinski definition) is 2. The molecule has 1 heterocycles. The number of halogens is 2. The Hall–Kier alpha value is -2.98. The van der Waals surface area contributed by atoms with Crippen molar-refractivity contribution >= 4 is 67.4 Å². The number of carboxylic acids is 1. The van der Waals surface area contributed by atoms with Crippen molar-refractivity contribution in [2.24, 2.45) is 0 Å². The van der Waals surface area contributed by atoms with Crippen LogP contribution in [0.5, 0.6) is 5.75 Å². The van der Waals surface area contributed by atoms with Crippen LogP contribution >= 0.6 is 31.9 Å². The summed E-state index contributed by atoms with van der Waals surface area (Å²) in [6.07, 6.45) is 1.34. The number of benzene rings is 2. The predicted octanol–water partition coefficient (Wildman–Crippen LogP) is 4.46. The van der Waals surface area contributed by atoms with E-state index in [-0.39, 0.29) is 17.2 Å². The first-order valence-corrected chi connectivity index (χ1v) is 11.0. The number of hydrogen-bond acceptors (Lipinski definition) is 5. The fourth-order valence-corrected chi connectivity index (χ4v) is 4.45. The van der Waals surface area contributed by atoms with E-state index in [2.05, 4.69) is 37.2 Å². The second-order valence-electron chi connectivity index (χ2n) is 7.20. The number of nitrogens with one attached hydrogen (secondary N) is 1. The highest BCUT2D eigenvalue weighted by atomic mass is 79.9. The third kappa shape index (κ3) is 5.08. The number of carbonyl (C=O) groups excluding carboxylic acids is 3. The molecular formula is C22H18Br2N2O6. The van der Waals surface area contributed by atoms with Crippen molar-refractivity contribution in [3.63, 3.8) is 0 Å². The fourth-order valence-electron chi connectivity index (χ4n) is 3.00. The lowest BCUT2D eigenvalue weighted by Gasteiger charge is -2.26. The number of anilines is 1. The molecule has 8 nitrogen and oxygen atoms in total. The van der Waals surface area contributed by atoms with Crippen molar-refractivity contribution in [3.05, 3.63) is 62.0 Å². The third-order valence-corrected chi connectivity index (χ3v) is 5.77. The van der Waals surface area contributed by atoms with E-state index in [1.165, 1.54) is 6.08 Å². The van der Waals surface area contributed by atoms with E-state index in [1.54, 1.807) is 24.3 Å². The Morgan fingerprint density at radius 1 is 1.12 bits per heavy atom. The minimum absolute atomic E-state index is 0.226. The monoisotopic (exact) mass is 564 g/mol. The van der Waals surface area contributed by atoms with Gasteiger partial charge in [-0.15, -0.1) is 0 Å². The van der Waals surface area contributed by atoms with Crippen molar-refractivity contribution in [3.8, 4) is 5.75 Å². The second-order valence-corrected chi connectivity index (χ2v) is 8.91. The summed E-state index contributed by atoms with van der Waals surface area (Å²) in [5, 5.41) is 11.0. The smallest absolute Gasteiger partial charge is 0.341 e. The normalized spacial score (nSPS) is 15.3. The maximum absolute atomic E-state index is 13.0. The molecule has 2 aromatic carbocycles. The van der Waals surface area contributed by atoms with Gasteiger partial charge in [-0.1, -0.05) is 26.0 Å². The Labute approximate surface area is 200 Å². The zero-order valence-corrected chi connectivity index (χ0v) is 20.2. The number of barbiturate groups is 1. The topological polar surface area (TPSA) is 113 Å². The van der Waals surface area contributed by atoms with E-state index in [0.29, 0.717) is 20.2 Å². The van der Waals surface area contributed by atoms with Crippen LogP contribution in [0.1, 0.15) is 30.9 Å². The van der Waals surface area contributed by atoms with Crippen LogP contribution in [0.3, 0.4) is 0 Å². The molecule has 1 aliphatic rings. The molecule has 0 spiro atoms. The molecular weight excluding hydrogens is 548 g/mol. The molecule has 10 heteroatoms. The summed E-state index contributed by atoms with van der Waals surface area (Å²) < 4.78 is 6.05. The second kappa shape index (κ2) is 9.66. The number of imide groups is 2. The van der Waals surface area contributed by atoms with E-state index in [0.717, 1.165) is 10.5 Å². The molecule has 0 aliphatic carbocycles. The standard InChI is InChI=1S/C22H18Br2N2O6/c1-11(2)13-3-5-14(6-4-13)26-21(30)15(20(29)25-22(26)31)7-12-8-16(23)19(17(24)9-12)32-10-18(27)28/h3-9,11H,10H2,1-2H3,(H,27,28)(H,25,29,31). The van der Waals surface area contributed by atoms with Gasteiger partial charge in [0.1, 0.15) is 11.3 Å². The summed E-state index contributed by atoms with van der Waals surface area (Å²) in [5.41, 5.74) is 1.62. The summed E-state index contributed by atoms with van der Waals surface area (Å²) in [6, 6.07) is 9.26. The number of aliphatic carboxylic acids is 1. The minimum Gasteiger partial charge on any atom is -0.480 e. The molecule has 3 rings (SSSR count). The number of nitrogens with zero attached hydrogens (tertiary/aromatic N) is 1. The lowest BCUT2D eigenvalue weighted by Crippen LogP contribution is -2.54. The van der Waals surface area contributed by atoms with Gasteiger partial charge in [0.25, 0.3) is 11.8 Å². The molecule has 1 fully saturated rings. The highest BCUT2D eigenvalue weighted by molar-refractivity contribution is 9.11. The minimum atomic E-state index is -1.13. The molecule has 0 atom stereocenters. The molecule has 0 bridgehead atoms.